The van der Waals surface area contributed by atoms with Gasteiger partial charge in [-0.1, -0.05) is 74.6 Å². The van der Waals surface area contributed by atoms with E-state index < -0.39 is 0 Å². The Balaban J connectivity index is 1.66. The van der Waals surface area contributed by atoms with Gasteiger partial charge in [0.25, 0.3) is 0 Å². The molecule has 3 aliphatic carbocycles. The molecule has 0 heterocycles. The van der Waals surface area contributed by atoms with E-state index in [1.54, 1.807) is 5.57 Å². The summed E-state index contributed by atoms with van der Waals surface area (Å²) < 4.78 is 0. The molecule has 0 aliphatic heterocycles. The first-order valence-electron chi connectivity index (χ1n) is 9.47. The minimum atomic E-state index is 0.780. The Bertz CT molecular complexity index is 488. The zero-order chi connectivity index (χ0) is 15.4. The summed E-state index contributed by atoms with van der Waals surface area (Å²) in [6, 6.07) is 0. The summed E-state index contributed by atoms with van der Waals surface area (Å²) in [7, 11) is 0. The van der Waals surface area contributed by atoms with Crippen LogP contribution in [-0.4, -0.2) is 0 Å². The molecule has 120 valence electrons. The van der Waals surface area contributed by atoms with Crippen molar-refractivity contribution in [3.05, 3.63) is 47.6 Å². The SMILES string of the molecule is CC1=CC=CC(C2CCCCCC(C3CC3C)CC2)=CC=C1. The summed E-state index contributed by atoms with van der Waals surface area (Å²) in [5, 5.41) is 0. The molecule has 0 saturated heterocycles. The van der Waals surface area contributed by atoms with Crippen LogP contribution in [0.4, 0.5) is 0 Å². The van der Waals surface area contributed by atoms with Gasteiger partial charge in [0.1, 0.15) is 0 Å². The molecule has 22 heavy (non-hydrogen) atoms. The van der Waals surface area contributed by atoms with Crippen LogP contribution in [-0.2, 0) is 0 Å². The van der Waals surface area contributed by atoms with Crippen LogP contribution < -0.4 is 0 Å². The zero-order valence-electron chi connectivity index (χ0n) is 14.4. The second-order valence-electron chi connectivity index (χ2n) is 7.84. The summed E-state index contributed by atoms with van der Waals surface area (Å²) in [6.07, 6.45) is 25.3. The van der Waals surface area contributed by atoms with Gasteiger partial charge in [0.2, 0.25) is 0 Å². The maximum atomic E-state index is 2.45. The van der Waals surface area contributed by atoms with Crippen molar-refractivity contribution in [1.82, 2.24) is 0 Å². The fourth-order valence-electron chi connectivity index (χ4n) is 4.45. The van der Waals surface area contributed by atoms with Crippen molar-refractivity contribution >= 4 is 0 Å². The van der Waals surface area contributed by atoms with E-state index in [0.29, 0.717) is 0 Å². The summed E-state index contributed by atoms with van der Waals surface area (Å²) in [5.41, 5.74) is 2.90. The predicted octanol–water partition coefficient (Wildman–Crippen LogP) is 6.62. The largest absolute Gasteiger partial charge is 0.0622 e. The average molecular weight is 296 g/mol. The molecule has 4 unspecified atom stereocenters. The van der Waals surface area contributed by atoms with Gasteiger partial charge >= 0.3 is 0 Å². The molecule has 0 N–H and O–H groups in total. The molecule has 0 heteroatoms. The minimum Gasteiger partial charge on any atom is -0.0622 e. The summed E-state index contributed by atoms with van der Waals surface area (Å²) in [6.45, 7) is 4.62. The lowest BCUT2D eigenvalue weighted by Crippen LogP contribution is -2.08. The van der Waals surface area contributed by atoms with Gasteiger partial charge in [-0.05, 0) is 61.9 Å². The molecule has 0 nitrogen and oxygen atoms in total. The molecule has 0 aromatic heterocycles. The van der Waals surface area contributed by atoms with Crippen molar-refractivity contribution in [1.29, 1.82) is 0 Å². The molecule has 0 radical (unpaired) electrons. The quantitative estimate of drug-likeness (QED) is 0.537. The van der Waals surface area contributed by atoms with Crippen molar-refractivity contribution in [3.8, 4) is 0 Å². The first-order chi connectivity index (χ1) is 10.7. The Kier molecular flexibility index (Phi) is 5.39. The van der Waals surface area contributed by atoms with E-state index in [2.05, 4.69) is 50.3 Å². The van der Waals surface area contributed by atoms with Crippen molar-refractivity contribution in [2.75, 3.05) is 0 Å². The molecule has 2 fully saturated rings. The maximum Gasteiger partial charge on any atom is -0.0162 e. The standard InChI is InChI=1S/C22H32/c1-17-8-6-12-19(13-7-9-17)20-10-4-3-5-11-21(15-14-20)22-16-18(22)2/h6-9,12-13,18,20-22H,3-5,10-11,14-16H2,1-2H3. The second kappa shape index (κ2) is 7.49. The van der Waals surface area contributed by atoms with Gasteiger partial charge in [-0.15, -0.1) is 0 Å². The average Bonchev–Trinajstić information content (AvgIpc) is 3.17. The monoisotopic (exact) mass is 296 g/mol. The first-order valence-corrected chi connectivity index (χ1v) is 9.47. The van der Waals surface area contributed by atoms with E-state index >= 15 is 0 Å². The van der Waals surface area contributed by atoms with Gasteiger partial charge in [0, 0.05) is 0 Å². The van der Waals surface area contributed by atoms with Gasteiger partial charge in [0.05, 0.1) is 0 Å². The van der Waals surface area contributed by atoms with E-state index in [9.17, 15) is 0 Å². The Morgan fingerprint density at radius 3 is 2.45 bits per heavy atom. The lowest BCUT2D eigenvalue weighted by molar-refractivity contribution is 0.352. The highest BCUT2D eigenvalue weighted by Gasteiger charge is 2.39. The lowest BCUT2D eigenvalue weighted by atomic mass is 9.84. The van der Waals surface area contributed by atoms with Crippen LogP contribution in [0.1, 0.15) is 65.2 Å². The fourth-order valence-corrected chi connectivity index (χ4v) is 4.45. The number of allylic oxidation sites excluding steroid dienone is 8. The van der Waals surface area contributed by atoms with E-state index in [4.69, 9.17) is 0 Å². The number of hydrogen-bond donors (Lipinski definition) is 0. The normalized spacial score (nSPS) is 36.3. The van der Waals surface area contributed by atoms with Gasteiger partial charge in [-0.3, -0.25) is 0 Å². The highest BCUT2D eigenvalue weighted by molar-refractivity contribution is 5.35. The lowest BCUT2D eigenvalue weighted by Gasteiger charge is -2.21. The van der Waals surface area contributed by atoms with Gasteiger partial charge < -0.3 is 0 Å². The summed E-state index contributed by atoms with van der Waals surface area (Å²) in [4.78, 5) is 0. The van der Waals surface area contributed by atoms with Crippen molar-refractivity contribution in [2.24, 2.45) is 23.7 Å². The van der Waals surface area contributed by atoms with Crippen LogP contribution in [0.3, 0.4) is 0 Å². The Morgan fingerprint density at radius 2 is 1.64 bits per heavy atom. The molecule has 0 aromatic carbocycles. The topological polar surface area (TPSA) is 0 Å². The molecular weight excluding hydrogens is 264 g/mol. The van der Waals surface area contributed by atoms with Crippen LogP contribution in [0.25, 0.3) is 0 Å². The third kappa shape index (κ3) is 4.24. The molecule has 3 rings (SSSR count). The smallest absolute Gasteiger partial charge is 0.0162 e. The highest BCUT2D eigenvalue weighted by atomic mass is 14.4. The molecule has 4 atom stereocenters. The third-order valence-electron chi connectivity index (χ3n) is 6.06. The molecule has 3 aliphatic rings. The van der Waals surface area contributed by atoms with E-state index in [1.807, 2.05) is 0 Å². The minimum absolute atomic E-state index is 0.780. The molecular formula is C22H32. The van der Waals surface area contributed by atoms with Gasteiger partial charge in [-0.2, -0.15) is 0 Å². The second-order valence-corrected chi connectivity index (χ2v) is 7.84. The van der Waals surface area contributed by atoms with Crippen molar-refractivity contribution < 1.29 is 0 Å². The summed E-state index contributed by atoms with van der Waals surface area (Å²) in [5.74, 6) is 3.88. The van der Waals surface area contributed by atoms with Crippen molar-refractivity contribution in [3.63, 3.8) is 0 Å². The van der Waals surface area contributed by atoms with E-state index in [1.165, 1.54) is 56.9 Å². The highest BCUT2D eigenvalue weighted by Crippen LogP contribution is 2.48. The third-order valence-corrected chi connectivity index (χ3v) is 6.06. The van der Waals surface area contributed by atoms with E-state index in [-0.39, 0.29) is 0 Å². The zero-order valence-corrected chi connectivity index (χ0v) is 14.4. The first kappa shape index (κ1) is 15.8. The number of rotatable bonds is 2. The van der Waals surface area contributed by atoms with Gasteiger partial charge in [0.15, 0.2) is 0 Å². The van der Waals surface area contributed by atoms with Crippen LogP contribution in [0.2, 0.25) is 0 Å². The molecule has 0 aromatic rings. The molecule has 0 spiro atoms. The van der Waals surface area contributed by atoms with Crippen molar-refractivity contribution in [2.45, 2.75) is 65.2 Å². The predicted molar refractivity (Wildman–Crippen MR) is 96.7 cm³/mol. The van der Waals surface area contributed by atoms with Crippen LogP contribution >= 0.6 is 0 Å². The Morgan fingerprint density at radius 1 is 0.864 bits per heavy atom. The molecule has 0 amide bonds. The van der Waals surface area contributed by atoms with E-state index in [0.717, 1.165) is 23.7 Å². The Labute approximate surface area is 137 Å². The number of hydrogen-bond acceptors (Lipinski definition) is 0. The molecule has 2 saturated carbocycles. The summed E-state index contributed by atoms with van der Waals surface area (Å²) >= 11 is 0. The molecule has 0 bridgehead atoms. The maximum absolute atomic E-state index is 2.45. The Hall–Kier alpha value is -1.04. The van der Waals surface area contributed by atoms with Crippen LogP contribution in [0.15, 0.2) is 47.6 Å². The van der Waals surface area contributed by atoms with Crippen LogP contribution in [0.5, 0.6) is 0 Å². The fraction of sp³-hybridized carbons (Fsp3) is 0.636. The van der Waals surface area contributed by atoms with Crippen LogP contribution in [0, 0.1) is 23.7 Å². The van der Waals surface area contributed by atoms with Gasteiger partial charge in [-0.25, -0.2) is 0 Å².